The Morgan fingerprint density at radius 3 is 2.78 bits per heavy atom. The Labute approximate surface area is 107 Å². The highest BCUT2D eigenvalue weighted by molar-refractivity contribution is 5.89. The Balaban J connectivity index is 1.80. The van der Waals surface area contributed by atoms with Gasteiger partial charge in [0.2, 0.25) is 0 Å². The number of rotatable bonds is 3. The summed E-state index contributed by atoms with van der Waals surface area (Å²) in [6.45, 7) is 3.31. The van der Waals surface area contributed by atoms with Crippen LogP contribution in [0.25, 0.3) is 0 Å². The second-order valence-corrected chi connectivity index (χ2v) is 4.83. The molecule has 1 fully saturated rings. The first kappa shape index (κ1) is 12.7. The van der Waals surface area contributed by atoms with E-state index in [0.29, 0.717) is 12.2 Å². The van der Waals surface area contributed by atoms with E-state index in [1.54, 1.807) is 24.3 Å². The normalized spacial score (nSPS) is 22.7. The fraction of sp³-hybridized carbons (Fsp3) is 0.462. The second kappa shape index (κ2) is 5.27. The number of benzene rings is 1. The Kier molecular flexibility index (Phi) is 3.72. The first-order valence-corrected chi connectivity index (χ1v) is 6.12. The van der Waals surface area contributed by atoms with Gasteiger partial charge in [0.15, 0.2) is 0 Å². The first-order chi connectivity index (χ1) is 8.57. The molecule has 5 nitrogen and oxygen atoms in total. The summed E-state index contributed by atoms with van der Waals surface area (Å²) >= 11 is 0. The Morgan fingerprint density at radius 2 is 2.17 bits per heavy atom. The van der Waals surface area contributed by atoms with E-state index >= 15 is 0 Å². The molecule has 1 aliphatic rings. The van der Waals surface area contributed by atoms with Crippen LogP contribution in [-0.4, -0.2) is 24.8 Å². The van der Waals surface area contributed by atoms with Gasteiger partial charge in [0.1, 0.15) is 0 Å². The summed E-state index contributed by atoms with van der Waals surface area (Å²) in [5.74, 6) is 0. The maximum atomic E-state index is 11.7. The molecule has 18 heavy (non-hydrogen) atoms. The van der Waals surface area contributed by atoms with E-state index in [1.807, 2.05) is 6.92 Å². The van der Waals surface area contributed by atoms with Crippen molar-refractivity contribution < 1.29 is 9.53 Å². The number of urea groups is 1. The minimum Gasteiger partial charge on any atom is -0.399 e. The number of hydrogen-bond acceptors (Lipinski definition) is 3. The number of hydrogen-bond donors (Lipinski definition) is 3. The van der Waals surface area contributed by atoms with E-state index < -0.39 is 0 Å². The lowest BCUT2D eigenvalue weighted by Crippen LogP contribution is -2.41. The molecular weight excluding hydrogens is 230 g/mol. The van der Waals surface area contributed by atoms with E-state index in [2.05, 4.69) is 10.6 Å². The second-order valence-electron chi connectivity index (χ2n) is 4.83. The van der Waals surface area contributed by atoms with Gasteiger partial charge in [-0.3, -0.25) is 0 Å². The van der Waals surface area contributed by atoms with Crippen molar-refractivity contribution in [2.24, 2.45) is 0 Å². The van der Waals surface area contributed by atoms with Crippen LogP contribution < -0.4 is 16.4 Å². The standard InChI is InChI=1S/C13H19N3O2/c1-13(7-2-8-18-13)9-15-12(17)16-11-5-3-10(14)4-6-11/h3-6H,2,7-9,14H2,1H3,(H2,15,16,17). The molecule has 2 rings (SSSR count). The molecule has 2 amide bonds. The van der Waals surface area contributed by atoms with Gasteiger partial charge in [0.25, 0.3) is 0 Å². The van der Waals surface area contributed by atoms with Gasteiger partial charge in [-0.15, -0.1) is 0 Å². The highest BCUT2D eigenvalue weighted by Gasteiger charge is 2.29. The van der Waals surface area contributed by atoms with Crippen LogP contribution in [0, 0.1) is 0 Å². The Morgan fingerprint density at radius 1 is 1.44 bits per heavy atom. The van der Waals surface area contributed by atoms with Crippen molar-refractivity contribution in [1.82, 2.24) is 5.32 Å². The van der Waals surface area contributed by atoms with Gasteiger partial charge in [0.05, 0.1) is 5.60 Å². The number of anilines is 2. The van der Waals surface area contributed by atoms with E-state index in [4.69, 9.17) is 10.5 Å². The summed E-state index contributed by atoms with van der Waals surface area (Å²) in [4.78, 5) is 11.7. The van der Waals surface area contributed by atoms with Crippen LogP contribution in [0.4, 0.5) is 16.2 Å². The summed E-state index contributed by atoms with van der Waals surface area (Å²) in [7, 11) is 0. The summed E-state index contributed by atoms with van der Waals surface area (Å²) in [6.07, 6.45) is 2.03. The minimum atomic E-state index is -0.225. The summed E-state index contributed by atoms with van der Waals surface area (Å²) in [6, 6.07) is 6.80. The highest BCUT2D eigenvalue weighted by atomic mass is 16.5. The van der Waals surface area contributed by atoms with Crippen molar-refractivity contribution in [2.45, 2.75) is 25.4 Å². The van der Waals surface area contributed by atoms with Gasteiger partial charge < -0.3 is 21.1 Å². The third-order valence-corrected chi connectivity index (χ3v) is 3.09. The highest BCUT2D eigenvalue weighted by Crippen LogP contribution is 2.23. The molecule has 0 radical (unpaired) electrons. The molecule has 1 saturated heterocycles. The summed E-state index contributed by atoms with van der Waals surface area (Å²) < 4.78 is 5.60. The number of ether oxygens (including phenoxy) is 1. The van der Waals surface area contributed by atoms with E-state index in [0.717, 1.165) is 25.1 Å². The molecule has 5 heteroatoms. The van der Waals surface area contributed by atoms with Crippen molar-refractivity contribution >= 4 is 17.4 Å². The third-order valence-electron chi connectivity index (χ3n) is 3.09. The van der Waals surface area contributed by atoms with Crippen molar-refractivity contribution in [3.05, 3.63) is 24.3 Å². The van der Waals surface area contributed by atoms with Crippen LogP contribution in [0.15, 0.2) is 24.3 Å². The number of nitrogens with two attached hydrogens (primary N) is 1. The van der Waals surface area contributed by atoms with Gasteiger partial charge >= 0.3 is 6.03 Å². The molecular formula is C13H19N3O2. The monoisotopic (exact) mass is 249 g/mol. The zero-order valence-electron chi connectivity index (χ0n) is 10.5. The van der Waals surface area contributed by atoms with Crippen molar-refractivity contribution in [1.29, 1.82) is 0 Å². The fourth-order valence-electron chi connectivity index (χ4n) is 1.99. The van der Waals surface area contributed by atoms with Gasteiger partial charge in [-0.1, -0.05) is 0 Å². The van der Waals surface area contributed by atoms with Crippen LogP contribution in [0.5, 0.6) is 0 Å². The van der Waals surface area contributed by atoms with Crippen molar-refractivity contribution in [2.75, 3.05) is 24.2 Å². The SMILES string of the molecule is CC1(CNC(=O)Nc2ccc(N)cc2)CCCO1. The molecule has 4 N–H and O–H groups in total. The lowest BCUT2D eigenvalue weighted by atomic mass is 10.0. The van der Waals surface area contributed by atoms with Crippen LogP contribution >= 0.6 is 0 Å². The van der Waals surface area contributed by atoms with Crippen LogP contribution in [0.3, 0.4) is 0 Å². The van der Waals surface area contributed by atoms with Gasteiger partial charge in [-0.2, -0.15) is 0 Å². The number of carbonyl (C=O) groups excluding carboxylic acids is 1. The largest absolute Gasteiger partial charge is 0.399 e. The predicted molar refractivity (Wildman–Crippen MR) is 71.5 cm³/mol. The van der Waals surface area contributed by atoms with Crippen molar-refractivity contribution in [3.63, 3.8) is 0 Å². The Bertz CT molecular complexity index is 411. The molecule has 98 valence electrons. The fourth-order valence-corrected chi connectivity index (χ4v) is 1.99. The number of amides is 2. The molecule has 1 atom stereocenters. The molecule has 0 aromatic heterocycles. The van der Waals surface area contributed by atoms with Gasteiger partial charge in [-0.25, -0.2) is 4.79 Å². The third kappa shape index (κ3) is 3.37. The maximum absolute atomic E-state index is 11.7. The van der Waals surface area contributed by atoms with Crippen LogP contribution in [0.1, 0.15) is 19.8 Å². The van der Waals surface area contributed by atoms with E-state index in [-0.39, 0.29) is 11.6 Å². The molecule has 1 aliphatic heterocycles. The van der Waals surface area contributed by atoms with E-state index in [9.17, 15) is 4.79 Å². The molecule has 1 aromatic rings. The zero-order chi connectivity index (χ0) is 13.0. The van der Waals surface area contributed by atoms with Crippen molar-refractivity contribution in [3.8, 4) is 0 Å². The molecule has 0 spiro atoms. The molecule has 0 saturated carbocycles. The quantitative estimate of drug-likeness (QED) is 0.717. The molecule has 0 bridgehead atoms. The molecule has 1 aromatic carbocycles. The zero-order valence-corrected chi connectivity index (χ0v) is 10.5. The smallest absolute Gasteiger partial charge is 0.319 e. The van der Waals surface area contributed by atoms with Gasteiger partial charge in [0, 0.05) is 24.5 Å². The van der Waals surface area contributed by atoms with Crippen LogP contribution in [-0.2, 0) is 4.74 Å². The average molecular weight is 249 g/mol. The lowest BCUT2D eigenvalue weighted by molar-refractivity contribution is 0.0232. The molecule has 1 heterocycles. The maximum Gasteiger partial charge on any atom is 0.319 e. The number of nitrogen functional groups attached to an aromatic ring is 1. The molecule has 0 aliphatic carbocycles. The predicted octanol–water partition coefficient (Wildman–Crippen LogP) is 1.96. The number of nitrogens with one attached hydrogen (secondary N) is 2. The average Bonchev–Trinajstić information content (AvgIpc) is 2.78. The Hall–Kier alpha value is -1.75. The summed E-state index contributed by atoms with van der Waals surface area (Å²) in [5, 5.41) is 5.57. The first-order valence-electron chi connectivity index (χ1n) is 6.12. The number of carbonyl (C=O) groups is 1. The van der Waals surface area contributed by atoms with E-state index in [1.165, 1.54) is 0 Å². The lowest BCUT2D eigenvalue weighted by Gasteiger charge is -2.23. The summed E-state index contributed by atoms with van der Waals surface area (Å²) in [5.41, 5.74) is 6.74. The topological polar surface area (TPSA) is 76.4 Å². The van der Waals surface area contributed by atoms with Gasteiger partial charge in [-0.05, 0) is 44.0 Å². The minimum absolute atomic E-state index is 0.224. The van der Waals surface area contributed by atoms with Crippen LogP contribution in [0.2, 0.25) is 0 Å². The molecule has 1 unspecified atom stereocenters.